The number of carbonyl (C=O) groups is 1. The Bertz CT molecular complexity index is 620. The minimum atomic E-state index is -4.47. The van der Waals surface area contributed by atoms with E-state index in [4.69, 9.17) is 4.42 Å². The molecule has 2 rings (SSSR count). The van der Waals surface area contributed by atoms with Crippen molar-refractivity contribution in [1.82, 2.24) is 9.88 Å². The average Bonchev–Trinajstić information content (AvgIpc) is 3.06. The molecule has 0 aliphatic carbocycles. The first-order valence-electron chi connectivity index (χ1n) is 5.87. The summed E-state index contributed by atoms with van der Waals surface area (Å²) in [6.45, 7) is 1.81. The zero-order valence-corrected chi connectivity index (χ0v) is 11.6. The third kappa shape index (κ3) is 3.94. The van der Waals surface area contributed by atoms with Gasteiger partial charge >= 0.3 is 6.18 Å². The zero-order valence-electron chi connectivity index (χ0n) is 10.8. The highest BCUT2D eigenvalue weighted by Crippen LogP contribution is 2.25. The normalized spacial score (nSPS) is 11.4. The van der Waals surface area contributed by atoms with E-state index in [2.05, 4.69) is 11.6 Å². The first-order chi connectivity index (χ1) is 9.90. The Morgan fingerprint density at radius 3 is 2.86 bits per heavy atom. The van der Waals surface area contributed by atoms with Gasteiger partial charge in [0.25, 0.3) is 5.91 Å². The molecule has 0 aliphatic rings. The molecular formula is C13H11F3N2O2S. The molecule has 112 valence electrons. The summed E-state index contributed by atoms with van der Waals surface area (Å²) in [4.78, 5) is 16.8. The Hall–Kier alpha value is -2.09. The van der Waals surface area contributed by atoms with Crippen molar-refractivity contribution < 1.29 is 22.4 Å². The van der Waals surface area contributed by atoms with Crippen LogP contribution in [0.2, 0.25) is 0 Å². The summed E-state index contributed by atoms with van der Waals surface area (Å²) in [5.41, 5.74) is -0.0440. The fraction of sp³-hybridized carbons (Fsp3) is 0.231. The molecule has 2 aromatic heterocycles. The van der Waals surface area contributed by atoms with Gasteiger partial charge in [0.2, 0.25) is 0 Å². The summed E-state index contributed by atoms with van der Waals surface area (Å²) in [7, 11) is 0. The van der Waals surface area contributed by atoms with Crippen molar-refractivity contribution >= 4 is 17.2 Å². The second kappa shape index (κ2) is 6.13. The van der Waals surface area contributed by atoms with Crippen LogP contribution in [0.4, 0.5) is 13.2 Å². The summed E-state index contributed by atoms with van der Waals surface area (Å²) in [5.74, 6) is -0.327. The Morgan fingerprint density at radius 1 is 1.52 bits per heavy atom. The quantitative estimate of drug-likeness (QED) is 0.792. The van der Waals surface area contributed by atoms with Crippen molar-refractivity contribution in [1.29, 1.82) is 0 Å². The zero-order chi connectivity index (χ0) is 15.5. The summed E-state index contributed by atoms with van der Waals surface area (Å²) in [5, 5.41) is 1.85. The van der Waals surface area contributed by atoms with Crippen LogP contribution < -0.4 is 0 Å². The second-order valence-corrected chi connectivity index (χ2v) is 4.96. The van der Waals surface area contributed by atoms with Gasteiger partial charge in [-0.2, -0.15) is 13.2 Å². The van der Waals surface area contributed by atoms with E-state index in [1.807, 2.05) is 0 Å². The molecule has 8 heteroatoms. The number of alkyl halides is 3. The van der Waals surface area contributed by atoms with Gasteiger partial charge in [0.05, 0.1) is 6.26 Å². The maximum Gasteiger partial charge on any atom is 0.406 e. The molecule has 0 radical (unpaired) electrons. The number of furan rings is 1. The van der Waals surface area contributed by atoms with E-state index in [1.165, 1.54) is 17.7 Å². The van der Waals surface area contributed by atoms with E-state index in [0.29, 0.717) is 15.7 Å². The lowest BCUT2D eigenvalue weighted by Gasteiger charge is -2.21. The number of halogens is 3. The molecule has 0 atom stereocenters. The number of rotatable bonds is 5. The minimum Gasteiger partial charge on any atom is -0.462 e. The van der Waals surface area contributed by atoms with Crippen LogP contribution in [0.5, 0.6) is 0 Å². The van der Waals surface area contributed by atoms with Crippen molar-refractivity contribution in [2.45, 2.75) is 6.18 Å². The summed E-state index contributed by atoms with van der Waals surface area (Å²) in [6, 6.07) is 3.32. The van der Waals surface area contributed by atoms with Crippen LogP contribution in [0.3, 0.4) is 0 Å². The van der Waals surface area contributed by atoms with Crippen LogP contribution in [0.25, 0.3) is 10.8 Å². The molecule has 0 saturated carbocycles. The summed E-state index contributed by atoms with van der Waals surface area (Å²) < 4.78 is 42.5. The van der Waals surface area contributed by atoms with Crippen LogP contribution in [-0.2, 0) is 0 Å². The maximum absolute atomic E-state index is 12.5. The van der Waals surface area contributed by atoms with Crippen LogP contribution in [0.1, 0.15) is 10.5 Å². The molecule has 21 heavy (non-hydrogen) atoms. The number of hydrogen-bond acceptors (Lipinski definition) is 4. The standard InChI is InChI=1S/C13H11F3N2O2S/c1-2-5-18(8-13(14,15)16)12(19)9-7-21-11(17-9)10-4-3-6-20-10/h2-4,6-7H,1,5,8H2. The second-order valence-electron chi connectivity index (χ2n) is 4.10. The number of amides is 1. The molecule has 2 aromatic rings. The van der Waals surface area contributed by atoms with Gasteiger partial charge in [0, 0.05) is 11.9 Å². The highest BCUT2D eigenvalue weighted by Gasteiger charge is 2.33. The predicted molar refractivity (Wildman–Crippen MR) is 72.0 cm³/mol. The Labute approximate surface area is 122 Å². The van der Waals surface area contributed by atoms with Crippen molar-refractivity contribution in [3.8, 4) is 10.8 Å². The molecule has 0 bridgehead atoms. The van der Waals surface area contributed by atoms with Gasteiger partial charge in [-0.1, -0.05) is 6.08 Å². The molecule has 0 N–H and O–H groups in total. The Morgan fingerprint density at radius 2 is 2.29 bits per heavy atom. The van der Waals surface area contributed by atoms with Gasteiger partial charge in [0.15, 0.2) is 10.8 Å². The third-order valence-electron chi connectivity index (χ3n) is 2.46. The van der Waals surface area contributed by atoms with E-state index >= 15 is 0 Å². The SMILES string of the molecule is C=CCN(CC(F)(F)F)C(=O)c1csc(-c2ccco2)n1. The van der Waals surface area contributed by atoms with Crippen LogP contribution in [0.15, 0.2) is 40.8 Å². The third-order valence-corrected chi connectivity index (χ3v) is 3.32. The minimum absolute atomic E-state index is 0.0440. The smallest absolute Gasteiger partial charge is 0.406 e. The lowest BCUT2D eigenvalue weighted by atomic mass is 10.3. The molecule has 0 unspecified atom stereocenters. The first kappa shape index (κ1) is 15.3. The average molecular weight is 316 g/mol. The number of thiazole rings is 1. The van der Waals surface area contributed by atoms with Gasteiger partial charge in [-0.15, -0.1) is 17.9 Å². The number of hydrogen-bond donors (Lipinski definition) is 0. The number of aromatic nitrogens is 1. The van der Waals surface area contributed by atoms with Crippen molar-refractivity contribution in [3.05, 3.63) is 42.1 Å². The van der Waals surface area contributed by atoms with E-state index in [-0.39, 0.29) is 12.2 Å². The van der Waals surface area contributed by atoms with Crippen LogP contribution in [0, 0.1) is 0 Å². The Kier molecular flexibility index (Phi) is 4.46. The lowest BCUT2D eigenvalue weighted by molar-refractivity contribution is -0.139. The highest BCUT2D eigenvalue weighted by atomic mass is 32.1. The largest absolute Gasteiger partial charge is 0.462 e. The van der Waals surface area contributed by atoms with Crippen molar-refractivity contribution in [2.75, 3.05) is 13.1 Å². The van der Waals surface area contributed by atoms with E-state index in [9.17, 15) is 18.0 Å². The summed E-state index contributed by atoms with van der Waals surface area (Å²) >= 11 is 1.13. The van der Waals surface area contributed by atoms with E-state index in [0.717, 1.165) is 11.3 Å². The molecule has 0 aromatic carbocycles. The number of nitrogens with zero attached hydrogens (tertiary/aromatic N) is 2. The summed E-state index contributed by atoms with van der Waals surface area (Å²) in [6.07, 6.45) is -1.78. The molecular weight excluding hydrogens is 305 g/mol. The molecule has 0 spiro atoms. The predicted octanol–water partition coefficient (Wildman–Crippen LogP) is 3.59. The van der Waals surface area contributed by atoms with Crippen LogP contribution in [-0.4, -0.2) is 35.1 Å². The monoisotopic (exact) mass is 316 g/mol. The van der Waals surface area contributed by atoms with E-state index < -0.39 is 18.6 Å². The molecule has 4 nitrogen and oxygen atoms in total. The maximum atomic E-state index is 12.5. The van der Waals surface area contributed by atoms with Gasteiger partial charge in [-0.05, 0) is 12.1 Å². The van der Waals surface area contributed by atoms with Gasteiger partial charge in [0.1, 0.15) is 12.2 Å². The van der Waals surface area contributed by atoms with Crippen molar-refractivity contribution in [3.63, 3.8) is 0 Å². The Balaban J connectivity index is 2.19. The molecule has 0 fully saturated rings. The first-order valence-corrected chi connectivity index (χ1v) is 6.75. The van der Waals surface area contributed by atoms with Crippen molar-refractivity contribution in [2.24, 2.45) is 0 Å². The lowest BCUT2D eigenvalue weighted by Crippen LogP contribution is -2.39. The molecule has 0 saturated heterocycles. The molecule has 2 heterocycles. The molecule has 0 aliphatic heterocycles. The van der Waals surface area contributed by atoms with Gasteiger partial charge in [-0.25, -0.2) is 4.98 Å². The van der Waals surface area contributed by atoms with Crippen LogP contribution >= 0.6 is 11.3 Å². The van der Waals surface area contributed by atoms with Gasteiger partial charge in [-0.3, -0.25) is 4.79 Å². The molecule has 1 amide bonds. The fourth-order valence-corrected chi connectivity index (χ4v) is 2.40. The topological polar surface area (TPSA) is 46.3 Å². The van der Waals surface area contributed by atoms with E-state index in [1.54, 1.807) is 12.1 Å². The fourth-order valence-electron chi connectivity index (χ4n) is 1.64. The highest BCUT2D eigenvalue weighted by molar-refractivity contribution is 7.13. The number of carbonyl (C=O) groups excluding carboxylic acids is 1. The van der Waals surface area contributed by atoms with Gasteiger partial charge < -0.3 is 9.32 Å².